The monoisotopic (exact) mass is 200 g/mol. The van der Waals surface area contributed by atoms with Gasteiger partial charge in [0.25, 0.3) is 0 Å². The Hall–Kier alpha value is -1.57. The molecule has 2 heteroatoms. The topological polar surface area (TPSA) is 17.8 Å². The first-order chi connectivity index (χ1) is 7.18. The largest absolute Gasteiger partial charge is 0.345 e. The number of nitrogens with zero attached hydrogens (tertiary/aromatic N) is 2. The van der Waals surface area contributed by atoms with Crippen molar-refractivity contribution in [2.45, 2.75) is 27.3 Å². The second kappa shape index (κ2) is 3.89. The van der Waals surface area contributed by atoms with E-state index >= 15 is 0 Å². The maximum Gasteiger partial charge on any atom is 0.0645 e. The van der Waals surface area contributed by atoms with Crippen LogP contribution in [0.5, 0.6) is 0 Å². The first-order valence-electron chi connectivity index (χ1n) is 5.21. The summed E-state index contributed by atoms with van der Waals surface area (Å²) in [5.41, 5.74) is 5.17. The molecular formula is C13H16N2. The van der Waals surface area contributed by atoms with Crippen LogP contribution >= 0.6 is 0 Å². The first-order valence-corrected chi connectivity index (χ1v) is 5.21. The lowest BCUT2D eigenvalue weighted by atomic mass is 10.2. The summed E-state index contributed by atoms with van der Waals surface area (Å²) >= 11 is 0. The Kier molecular flexibility index (Phi) is 2.58. The van der Waals surface area contributed by atoms with E-state index in [-0.39, 0.29) is 0 Å². The molecule has 15 heavy (non-hydrogen) atoms. The highest BCUT2D eigenvalue weighted by Crippen LogP contribution is 2.15. The van der Waals surface area contributed by atoms with Crippen molar-refractivity contribution in [3.8, 4) is 0 Å². The van der Waals surface area contributed by atoms with Crippen LogP contribution in [0.2, 0.25) is 0 Å². The first kappa shape index (κ1) is 9.97. The molecule has 0 saturated carbocycles. The molecule has 0 aliphatic heterocycles. The Bertz CT molecular complexity index is 455. The van der Waals surface area contributed by atoms with Crippen molar-refractivity contribution in [1.82, 2.24) is 9.55 Å². The predicted molar refractivity (Wildman–Crippen MR) is 62.0 cm³/mol. The van der Waals surface area contributed by atoms with Crippen molar-refractivity contribution >= 4 is 0 Å². The van der Waals surface area contributed by atoms with Crippen LogP contribution < -0.4 is 0 Å². The van der Waals surface area contributed by atoms with Crippen LogP contribution in [0.1, 0.15) is 22.5 Å². The third-order valence-electron chi connectivity index (χ3n) is 2.97. The van der Waals surface area contributed by atoms with Crippen LogP contribution in [-0.2, 0) is 6.54 Å². The summed E-state index contributed by atoms with van der Waals surface area (Å²) in [6.45, 7) is 7.34. The molecule has 0 fully saturated rings. The second-order valence-corrected chi connectivity index (χ2v) is 3.97. The number of pyridine rings is 1. The van der Waals surface area contributed by atoms with E-state index in [2.05, 4.69) is 42.6 Å². The van der Waals surface area contributed by atoms with Crippen LogP contribution in [0.4, 0.5) is 0 Å². The van der Waals surface area contributed by atoms with Gasteiger partial charge >= 0.3 is 0 Å². The molecule has 0 amide bonds. The normalized spacial score (nSPS) is 10.6. The van der Waals surface area contributed by atoms with Gasteiger partial charge in [-0.15, -0.1) is 0 Å². The SMILES string of the molecule is Cc1cn(Cc2ccccn2)c(C)c1C. The molecule has 2 heterocycles. The van der Waals surface area contributed by atoms with Gasteiger partial charge in [0.2, 0.25) is 0 Å². The van der Waals surface area contributed by atoms with Crippen molar-refractivity contribution in [2.24, 2.45) is 0 Å². The van der Waals surface area contributed by atoms with Crippen LogP contribution in [-0.4, -0.2) is 9.55 Å². The molecule has 0 bridgehead atoms. The summed E-state index contributed by atoms with van der Waals surface area (Å²) < 4.78 is 2.26. The zero-order valence-electron chi connectivity index (χ0n) is 9.49. The minimum atomic E-state index is 0.862. The molecular weight excluding hydrogens is 184 g/mol. The maximum absolute atomic E-state index is 4.33. The van der Waals surface area contributed by atoms with E-state index in [0.29, 0.717) is 0 Å². The summed E-state index contributed by atoms with van der Waals surface area (Å²) in [7, 11) is 0. The zero-order valence-corrected chi connectivity index (χ0v) is 9.49. The number of rotatable bonds is 2. The summed E-state index contributed by atoms with van der Waals surface area (Å²) in [5.74, 6) is 0. The van der Waals surface area contributed by atoms with Crippen molar-refractivity contribution in [3.05, 3.63) is 53.1 Å². The van der Waals surface area contributed by atoms with Crippen molar-refractivity contribution in [1.29, 1.82) is 0 Å². The number of aromatic nitrogens is 2. The molecule has 78 valence electrons. The highest BCUT2D eigenvalue weighted by Gasteiger charge is 2.05. The molecule has 0 atom stereocenters. The lowest BCUT2D eigenvalue weighted by Gasteiger charge is -2.05. The quantitative estimate of drug-likeness (QED) is 0.729. The van der Waals surface area contributed by atoms with E-state index < -0.39 is 0 Å². The maximum atomic E-state index is 4.33. The van der Waals surface area contributed by atoms with Crippen LogP contribution in [0, 0.1) is 20.8 Å². The zero-order chi connectivity index (χ0) is 10.8. The molecule has 0 N–H and O–H groups in total. The van der Waals surface area contributed by atoms with E-state index in [4.69, 9.17) is 0 Å². The van der Waals surface area contributed by atoms with Gasteiger partial charge in [-0.25, -0.2) is 0 Å². The van der Waals surface area contributed by atoms with Gasteiger partial charge in [0.05, 0.1) is 12.2 Å². The number of aryl methyl sites for hydroxylation is 1. The molecule has 0 aliphatic carbocycles. The van der Waals surface area contributed by atoms with Gasteiger partial charge in [0.1, 0.15) is 0 Å². The molecule has 0 aliphatic rings. The molecule has 0 unspecified atom stereocenters. The van der Waals surface area contributed by atoms with Crippen molar-refractivity contribution in [2.75, 3.05) is 0 Å². The van der Waals surface area contributed by atoms with E-state index in [1.54, 1.807) is 0 Å². The second-order valence-electron chi connectivity index (χ2n) is 3.97. The summed E-state index contributed by atoms with van der Waals surface area (Å²) in [6.07, 6.45) is 4.03. The lowest BCUT2D eigenvalue weighted by Crippen LogP contribution is -2.01. The third kappa shape index (κ3) is 1.94. The van der Waals surface area contributed by atoms with Crippen LogP contribution in [0.25, 0.3) is 0 Å². The average molecular weight is 200 g/mol. The van der Waals surface area contributed by atoms with Crippen molar-refractivity contribution in [3.63, 3.8) is 0 Å². The van der Waals surface area contributed by atoms with E-state index in [9.17, 15) is 0 Å². The minimum absolute atomic E-state index is 0.862. The fraction of sp³-hybridized carbons (Fsp3) is 0.308. The molecule has 0 aromatic carbocycles. The Morgan fingerprint density at radius 2 is 2.00 bits per heavy atom. The fourth-order valence-corrected chi connectivity index (χ4v) is 1.76. The fourth-order valence-electron chi connectivity index (χ4n) is 1.76. The van der Waals surface area contributed by atoms with Crippen LogP contribution in [0.15, 0.2) is 30.6 Å². The van der Waals surface area contributed by atoms with Gasteiger partial charge in [0.15, 0.2) is 0 Å². The highest BCUT2D eigenvalue weighted by molar-refractivity contribution is 5.29. The number of hydrogen-bond donors (Lipinski definition) is 0. The minimum Gasteiger partial charge on any atom is -0.345 e. The third-order valence-corrected chi connectivity index (χ3v) is 2.97. The van der Waals surface area contributed by atoms with Gasteiger partial charge in [-0.3, -0.25) is 4.98 Å². The predicted octanol–water partition coefficient (Wildman–Crippen LogP) is 2.86. The molecule has 0 spiro atoms. The molecule has 2 nitrogen and oxygen atoms in total. The van der Waals surface area contributed by atoms with Crippen LogP contribution in [0.3, 0.4) is 0 Å². The highest BCUT2D eigenvalue weighted by atomic mass is 15.0. The summed E-state index contributed by atoms with van der Waals surface area (Å²) in [6, 6.07) is 6.04. The number of hydrogen-bond acceptors (Lipinski definition) is 1. The molecule has 2 aromatic rings. The summed E-state index contributed by atoms with van der Waals surface area (Å²) in [4.78, 5) is 4.33. The Balaban J connectivity index is 2.29. The van der Waals surface area contributed by atoms with E-state index in [0.717, 1.165) is 12.2 Å². The standard InChI is InChI=1S/C13H16N2/c1-10-8-15(12(3)11(10)2)9-13-6-4-5-7-14-13/h4-8H,9H2,1-3H3. The molecule has 2 rings (SSSR count). The van der Waals surface area contributed by atoms with Gasteiger partial charge in [0, 0.05) is 18.1 Å². The molecule has 2 aromatic heterocycles. The van der Waals surface area contributed by atoms with E-state index in [1.807, 2.05) is 18.3 Å². The molecule has 0 radical (unpaired) electrons. The van der Waals surface area contributed by atoms with Gasteiger partial charge < -0.3 is 4.57 Å². The smallest absolute Gasteiger partial charge is 0.0645 e. The Labute approximate surface area is 90.6 Å². The van der Waals surface area contributed by atoms with Gasteiger partial charge in [-0.05, 0) is 44.0 Å². The van der Waals surface area contributed by atoms with Gasteiger partial charge in [-0.2, -0.15) is 0 Å². The average Bonchev–Trinajstić information content (AvgIpc) is 2.48. The van der Waals surface area contributed by atoms with Crippen molar-refractivity contribution < 1.29 is 0 Å². The Morgan fingerprint density at radius 3 is 2.53 bits per heavy atom. The molecule has 0 saturated heterocycles. The van der Waals surface area contributed by atoms with Gasteiger partial charge in [-0.1, -0.05) is 6.07 Å². The van der Waals surface area contributed by atoms with E-state index in [1.165, 1.54) is 16.8 Å². The Morgan fingerprint density at radius 1 is 1.20 bits per heavy atom. The lowest BCUT2D eigenvalue weighted by molar-refractivity contribution is 0.751. The summed E-state index contributed by atoms with van der Waals surface area (Å²) in [5, 5.41) is 0.